The largest absolute Gasteiger partial charge is 0.364 e. The number of alkyl halides is 4. The monoisotopic (exact) mass is 652 g/mol. The van der Waals surface area contributed by atoms with Crippen LogP contribution in [0.25, 0.3) is 0 Å². The molecule has 2 aliphatic rings. The van der Waals surface area contributed by atoms with Crippen molar-refractivity contribution in [2.45, 2.75) is 81.0 Å². The van der Waals surface area contributed by atoms with Gasteiger partial charge in [0, 0.05) is 42.6 Å². The number of halogens is 4. The van der Waals surface area contributed by atoms with Crippen molar-refractivity contribution in [3.05, 3.63) is 59.7 Å². The summed E-state index contributed by atoms with van der Waals surface area (Å²) in [6.45, 7) is -1.48. The Morgan fingerprint density at radius 1 is 1.09 bits per heavy atom. The number of hydrogen-bond acceptors (Lipinski definition) is 7. The van der Waals surface area contributed by atoms with Gasteiger partial charge in [-0.3, -0.25) is 9.59 Å². The van der Waals surface area contributed by atoms with Crippen molar-refractivity contribution < 1.29 is 40.3 Å². The first kappa shape index (κ1) is 34.2. The molecule has 2 fully saturated rings. The zero-order valence-electron chi connectivity index (χ0n) is 24.7. The normalized spacial score (nSPS) is 20.9. The Labute approximate surface area is 259 Å². The average Bonchev–Trinajstić information content (AvgIpc) is 3.42. The van der Waals surface area contributed by atoms with Gasteiger partial charge in [0.05, 0.1) is 41.8 Å². The van der Waals surface area contributed by atoms with Crippen LogP contribution in [0, 0.1) is 17.2 Å². The van der Waals surface area contributed by atoms with E-state index < -0.39 is 52.3 Å². The molecular formula is C31H36F4N4O5S. The maximum absolute atomic E-state index is 13.5. The van der Waals surface area contributed by atoms with Gasteiger partial charge >= 0.3 is 6.61 Å². The summed E-state index contributed by atoms with van der Waals surface area (Å²) >= 11 is 0. The Morgan fingerprint density at radius 2 is 1.73 bits per heavy atom. The molecule has 14 heteroatoms. The maximum Gasteiger partial charge on any atom is 0.345 e. The van der Waals surface area contributed by atoms with Gasteiger partial charge < -0.3 is 20.3 Å². The second kappa shape index (κ2) is 14.6. The van der Waals surface area contributed by atoms with E-state index in [2.05, 4.69) is 15.4 Å². The molecule has 4 rings (SSSR count). The smallest absolute Gasteiger partial charge is 0.345 e. The van der Waals surface area contributed by atoms with Gasteiger partial charge in [0.1, 0.15) is 0 Å². The number of nitrogens with one attached hydrogen (secondary N) is 2. The number of benzene rings is 2. The summed E-state index contributed by atoms with van der Waals surface area (Å²) in [5.74, 6) is -4.15. The fourth-order valence-corrected chi connectivity index (χ4v) is 6.65. The van der Waals surface area contributed by atoms with Crippen LogP contribution in [0.3, 0.4) is 0 Å². The third-order valence-electron chi connectivity index (χ3n) is 8.35. The molecule has 1 aliphatic heterocycles. The number of ether oxygens (including phenoxy) is 1. The molecule has 45 heavy (non-hydrogen) atoms. The van der Waals surface area contributed by atoms with E-state index in [-0.39, 0.29) is 67.4 Å². The first-order valence-corrected chi connectivity index (χ1v) is 16.4. The van der Waals surface area contributed by atoms with Crippen LogP contribution in [0.2, 0.25) is 0 Å². The summed E-state index contributed by atoms with van der Waals surface area (Å²) in [4.78, 5) is 27.8. The van der Waals surface area contributed by atoms with E-state index in [0.717, 1.165) is 0 Å². The van der Waals surface area contributed by atoms with Crippen LogP contribution in [-0.4, -0.2) is 63.8 Å². The van der Waals surface area contributed by atoms with E-state index in [1.165, 1.54) is 19.1 Å². The Morgan fingerprint density at radius 3 is 2.31 bits per heavy atom. The van der Waals surface area contributed by atoms with Gasteiger partial charge in [-0.2, -0.15) is 14.0 Å². The van der Waals surface area contributed by atoms with Crippen molar-refractivity contribution in [2.75, 3.05) is 23.8 Å². The zero-order chi connectivity index (χ0) is 32.8. The SMILES string of the molecule is CCS(=O)(=O)c1ccc([C@H](CC#N)NC(=O)c2ccc(N3C[C@H](NC(=O)C4CCC(F)(F)CC4)C[C@H]3COC(F)F)cc2)cc1. The Balaban J connectivity index is 1.42. The number of hydrogen-bond donors (Lipinski definition) is 2. The van der Waals surface area contributed by atoms with Crippen molar-refractivity contribution in [2.24, 2.45) is 5.92 Å². The molecule has 1 heterocycles. The van der Waals surface area contributed by atoms with E-state index in [1.54, 1.807) is 41.3 Å². The predicted octanol–water partition coefficient (Wildman–Crippen LogP) is 4.99. The molecule has 0 radical (unpaired) electrons. The number of amides is 2. The third-order valence-corrected chi connectivity index (χ3v) is 10.1. The minimum atomic E-state index is -3.41. The molecule has 1 saturated heterocycles. The number of nitriles is 1. The molecule has 0 bridgehead atoms. The van der Waals surface area contributed by atoms with Gasteiger partial charge in [0.25, 0.3) is 5.91 Å². The van der Waals surface area contributed by atoms with Gasteiger partial charge in [-0.25, -0.2) is 17.2 Å². The number of nitrogens with zero attached hydrogens (tertiary/aromatic N) is 2. The quantitative estimate of drug-likeness (QED) is 0.309. The summed E-state index contributed by atoms with van der Waals surface area (Å²) in [6, 6.07) is 12.8. The number of rotatable bonds is 12. The van der Waals surface area contributed by atoms with Crippen LogP contribution >= 0.6 is 0 Å². The van der Waals surface area contributed by atoms with E-state index >= 15 is 0 Å². The second-order valence-corrected chi connectivity index (χ2v) is 13.7. The lowest BCUT2D eigenvalue weighted by Crippen LogP contribution is -2.42. The summed E-state index contributed by atoms with van der Waals surface area (Å²) in [5.41, 5.74) is 1.43. The first-order chi connectivity index (χ1) is 21.3. The zero-order valence-corrected chi connectivity index (χ0v) is 25.5. The summed E-state index contributed by atoms with van der Waals surface area (Å²) in [6.07, 6.45) is -0.285. The molecular weight excluding hydrogens is 616 g/mol. The highest BCUT2D eigenvalue weighted by Gasteiger charge is 2.39. The number of carbonyl (C=O) groups excluding carboxylic acids is 2. The fraction of sp³-hybridized carbons (Fsp3) is 0.516. The van der Waals surface area contributed by atoms with Crippen LogP contribution in [0.15, 0.2) is 53.4 Å². The lowest BCUT2D eigenvalue weighted by atomic mass is 9.86. The molecule has 3 atom stereocenters. The number of carbonyl (C=O) groups is 2. The second-order valence-electron chi connectivity index (χ2n) is 11.4. The summed E-state index contributed by atoms with van der Waals surface area (Å²) < 4.78 is 81.6. The summed E-state index contributed by atoms with van der Waals surface area (Å²) in [7, 11) is -3.41. The van der Waals surface area contributed by atoms with Crippen LogP contribution in [0.1, 0.15) is 67.4 Å². The summed E-state index contributed by atoms with van der Waals surface area (Å²) in [5, 5.41) is 15.0. The van der Waals surface area contributed by atoms with E-state index in [0.29, 0.717) is 17.7 Å². The first-order valence-electron chi connectivity index (χ1n) is 14.8. The lowest BCUT2D eigenvalue weighted by molar-refractivity contribution is -0.132. The molecule has 0 spiro atoms. The van der Waals surface area contributed by atoms with E-state index in [4.69, 9.17) is 0 Å². The van der Waals surface area contributed by atoms with Gasteiger partial charge in [-0.05, 0) is 61.2 Å². The van der Waals surface area contributed by atoms with Crippen LogP contribution in [0.5, 0.6) is 0 Å². The topological polar surface area (TPSA) is 129 Å². The van der Waals surface area contributed by atoms with Crippen molar-refractivity contribution >= 4 is 27.3 Å². The molecule has 0 aromatic heterocycles. The molecule has 2 aromatic rings. The lowest BCUT2D eigenvalue weighted by Gasteiger charge is -2.28. The number of sulfone groups is 1. The highest BCUT2D eigenvalue weighted by Crippen LogP contribution is 2.36. The molecule has 2 N–H and O–H groups in total. The van der Waals surface area contributed by atoms with Crippen molar-refractivity contribution in [3.63, 3.8) is 0 Å². The van der Waals surface area contributed by atoms with Crippen LogP contribution in [-0.2, 0) is 19.4 Å². The van der Waals surface area contributed by atoms with Gasteiger partial charge in [0.15, 0.2) is 9.84 Å². The molecule has 2 aromatic carbocycles. The highest BCUT2D eigenvalue weighted by molar-refractivity contribution is 7.91. The molecule has 2 amide bonds. The standard InChI is InChI=1S/C31H36F4N4O5S/c1-2-45(42,43)26-9-5-20(6-10-26)27(13-16-36)38-29(41)21-3-7-24(8-4-21)39-18-23(17-25(39)19-44-30(32)33)37-28(40)22-11-14-31(34,35)15-12-22/h3-10,22-23,25,27,30H,2,11-15,17-19H2,1H3,(H,37,40)(H,38,41)/t23-,25+,27+/m1/s1. The van der Waals surface area contributed by atoms with Crippen molar-refractivity contribution in [3.8, 4) is 6.07 Å². The molecule has 1 aliphatic carbocycles. The Kier molecular flexibility index (Phi) is 11.1. The average molecular weight is 653 g/mol. The fourth-order valence-electron chi connectivity index (χ4n) is 5.76. The minimum absolute atomic E-state index is 0.0559. The molecule has 9 nitrogen and oxygen atoms in total. The van der Waals surface area contributed by atoms with Crippen molar-refractivity contribution in [1.29, 1.82) is 5.26 Å². The molecule has 0 unspecified atom stereocenters. The van der Waals surface area contributed by atoms with Crippen molar-refractivity contribution in [1.82, 2.24) is 10.6 Å². The predicted molar refractivity (Wildman–Crippen MR) is 158 cm³/mol. The maximum atomic E-state index is 13.5. The Hall–Kier alpha value is -3.70. The third kappa shape index (κ3) is 8.94. The van der Waals surface area contributed by atoms with Gasteiger partial charge in [-0.15, -0.1) is 0 Å². The number of anilines is 1. The molecule has 244 valence electrons. The van der Waals surface area contributed by atoms with E-state index in [9.17, 15) is 40.8 Å². The van der Waals surface area contributed by atoms with E-state index in [1.807, 2.05) is 6.07 Å². The van der Waals surface area contributed by atoms with Gasteiger partial charge in [-0.1, -0.05) is 19.1 Å². The van der Waals surface area contributed by atoms with Gasteiger partial charge in [0.2, 0.25) is 11.8 Å². The van der Waals surface area contributed by atoms with Crippen LogP contribution in [0.4, 0.5) is 23.2 Å². The minimum Gasteiger partial charge on any atom is -0.364 e. The highest BCUT2D eigenvalue weighted by atomic mass is 32.2. The van der Waals surface area contributed by atoms with Crippen LogP contribution < -0.4 is 15.5 Å². The Bertz CT molecular complexity index is 1470. The molecule has 1 saturated carbocycles.